The highest BCUT2D eigenvalue weighted by atomic mass is 16.3. The first kappa shape index (κ1) is 6.62. The average molecular weight is 127 g/mol. The van der Waals surface area contributed by atoms with Gasteiger partial charge in [-0.1, -0.05) is 6.08 Å². The lowest BCUT2D eigenvalue weighted by molar-refractivity contribution is 0.129. The van der Waals surface area contributed by atoms with Gasteiger partial charge in [0.1, 0.15) is 0 Å². The highest BCUT2D eigenvalue weighted by Gasteiger charge is 2.09. The summed E-state index contributed by atoms with van der Waals surface area (Å²) in [6.45, 7) is 3.88. The summed E-state index contributed by atoms with van der Waals surface area (Å²) in [6.07, 6.45) is 4.73. The van der Waals surface area contributed by atoms with E-state index in [4.69, 9.17) is 5.11 Å². The van der Waals surface area contributed by atoms with Crippen molar-refractivity contribution in [1.82, 2.24) is 4.90 Å². The van der Waals surface area contributed by atoms with Gasteiger partial charge in [0.15, 0.2) is 0 Å². The lowest BCUT2D eigenvalue weighted by Gasteiger charge is -2.24. The van der Waals surface area contributed by atoms with Gasteiger partial charge in [0.05, 0.1) is 6.10 Å². The molecule has 0 aromatic rings. The van der Waals surface area contributed by atoms with Gasteiger partial charge in [-0.15, -0.1) is 0 Å². The van der Waals surface area contributed by atoms with E-state index in [1.165, 1.54) is 0 Å². The van der Waals surface area contributed by atoms with Gasteiger partial charge in [0.25, 0.3) is 0 Å². The first-order valence-electron chi connectivity index (χ1n) is 3.41. The van der Waals surface area contributed by atoms with E-state index in [0.29, 0.717) is 0 Å². The molecule has 0 spiro atoms. The molecular formula is C7H13NO. The molecule has 1 unspecified atom stereocenters. The summed E-state index contributed by atoms with van der Waals surface area (Å²) >= 11 is 0. The molecule has 1 atom stereocenters. The SMILES string of the molecule is CCN1C=CCC(O)C1. The smallest absolute Gasteiger partial charge is 0.0749 e. The lowest BCUT2D eigenvalue weighted by atomic mass is 10.2. The zero-order chi connectivity index (χ0) is 6.69. The Balaban J connectivity index is 2.39. The molecule has 1 rings (SSSR count). The summed E-state index contributed by atoms with van der Waals surface area (Å²) in [4.78, 5) is 2.11. The Morgan fingerprint density at radius 1 is 1.78 bits per heavy atom. The van der Waals surface area contributed by atoms with E-state index in [2.05, 4.69) is 11.8 Å². The normalized spacial score (nSPS) is 26.9. The summed E-state index contributed by atoms with van der Waals surface area (Å²) < 4.78 is 0. The largest absolute Gasteiger partial charge is 0.391 e. The van der Waals surface area contributed by atoms with Crippen LogP contribution >= 0.6 is 0 Å². The maximum atomic E-state index is 9.12. The Morgan fingerprint density at radius 3 is 3.00 bits per heavy atom. The lowest BCUT2D eigenvalue weighted by Crippen LogP contribution is -2.30. The number of nitrogens with zero attached hydrogens (tertiary/aromatic N) is 1. The molecule has 1 N–H and O–H groups in total. The minimum absolute atomic E-state index is 0.144. The Bertz CT molecular complexity index is 111. The molecule has 0 aromatic carbocycles. The highest BCUT2D eigenvalue weighted by Crippen LogP contribution is 2.04. The number of aliphatic hydroxyl groups is 1. The van der Waals surface area contributed by atoms with E-state index in [-0.39, 0.29) is 6.10 Å². The third kappa shape index (κ3) is 1.72. The van der Waals surface area contributed by atoms with Gasteiger partial charge in [0, 0.05) is 13.1 Å². The minimum atomic E-state index is -0.144. The Kier molecular flexibility index (Phi) is 2.11. The van der Waals surface area contributed by atoms with Crippen LogP contribution in [0.1, 0.15) is 13.3 Å². The molecule has 0 aliphatic carbocycles. The van der Waals surface area contributed by atoms with Crippen LogP contribution in [0.5, 0.6) is 0 Å². The first-order valence-corrected chi connectivity index (χ1v) is 3.41. The van der Waals surface area contributed by atoms with E-state index in [9.17, 15) is 0 Å². The van der Waals surface area contributed by atoms with Crippen molar-refractivity contribution in [3.63, 3.8) is 0 Å². The van der Waals surface area contributed by atoms with E-state index >= 15 is 0 Å². The fourth-order valence-electron chi connectivity index (χ4n) is 1.01. The summed E-state index contributed by atoms with van der Waals surface area (Å²) in [6, 6.07) is 0. The van der Waals surface area contributed by atoms with E-state index < -0.39 is 0 Å². The van der Waals surface area contributed by atoms with Gasteiger partial charge in [-0.05, 0) is 19.5 Å². The van der Waals surface area contributed by atoms with Gasteiger partial charge in [-0.25, -0.2) is 0 Å². The van der Waals surface area contributed by atoms with Crippen molar-refractivity contribution >= 4 is 0 Å². The monoisotopic (exact) mass is 127 g/mol. The van der Waals surface area contributed by atoms with Gasteiger partial charge in [-0.2, -0.15) is 0 Å². The molecule has 1 heterocycles. The predicted molar refractivity (Wildman–Crippen MR) is 37.0 cm³/mol. The Hall–Kier alpha value is -0.500. The van der Waals surface area contributed by atoms with Gasteiger partial charge < -0.3 is 10.0 Å². The summed E-state index contributed by atoms with van der Waals surface area (Å²) in [5, 5.41) is 9.12. The van der Waals surface area contributed by atoms with Crippen molar-refractivity contribution in [3.05, 3.63) is 12.3 Å². The molecule has 0 amide bonds. The molecule has 0 aromatic heterocycles. The van der Waals surface area contributed by atoms with E-state index in [1.54, 1.807) is 0 Å². The van der Waals surface area contributed by atoms with Crippen LogP contribution in [0, 0.1) is 0 Å². The van der Waals surface area contributed by atoms with E-state index in [1.807, 2.05) is 12.3 Å². The van der Waals surface area contributed by atoms with Gasteiger partial charge >= 0.3 is 0 Å². The van der Waals surface area contributed by atoms with Crippen LogP contribution in [-0.2, 0) is 0 Å². The van der Waals surface area contributed by atoms with Gasteiger partial charge in [0.2, 0.25) is 0 Å². The van der Waals surface area contributed by atoms with Crippen molar-refractivity contribution in [2.24, 2.45) is 0 Å². The number of aliphatic hydroxyl groups excluding tert-OH is 1. The number of rotatable bonds is 1. The van der Waals surface area contributed by atoms with Crippen LogP contribution in [0.3, 0.4) is 0 Å². The number of hydrogen-bond donors (Lipinski definition) is 1. The van der Waals surface area contributed by atoms with Crippen molar-refractivity contribution in [3.8, 4) is 0 Å². The van der Waals surface area contributed by atoms with Crippen molar-refractivity contribution in [2.75, 3.05) is 13.1 Å². The van der Waals surface area contributed by atoms with Crippen LogP contribution < -0.4 is 0 Å². The zero-order valence-corrected chi connectivity index (χ0v) is 5.75. The fourth-order valence-corrected chi connectivity index (χ4v) is 1.01. The molecular weight excluding hydrogens is 114 g/mol. The van der Waals surface area contributed by atoms with Crippen molar-refractivity contribution < 1.29 is 5.11 Å². The van der Waals surface area contributed by atoms with Crippen molar-refractivity contribution in [2.45, 2.75) is 19.4 Å². The number of hydrogen-bond acceptors (Lipinski definition) is 2. The second-order valence-electron chi connectivity index (χ2n) is 2.36. The zero-order valence-electron chi connectivity index (χ0n) is 5.75. The quantitative estimate of drug-likeness (QED) is 0.557. The molecule has 0 radical (unpaired) electrons. The summed E-state index contributed by atoms with van der Waals surface area (Å²) in [5.74, 6) is 0. The third-order valence-electron chi connectivity index (χ3n) is 1.58. The molecule has 1 aliphatic heterocycles. The highest BCUT2D eigenvalue weighted by molar-refractivity contribution is 4.91. The molecule has 2 heteroatoms. The van der Waals surface area contributed by atoms with Crippen LogP contribution in [0.4, 0.5) is 0 Å². The minimum Gasteiger partial charge on any atom is -0.391 e. The first-order chi connectivity index (χ1) is 4.33. The predicted octanol–water partition coefficient (Wildman–Crippen LogP) is 0.587. The number of likely N-dealkylation sites (N-methyl/N-ethyl adjacent to an activating group) is 1. The molecule has 2 nitrogen and oxygen atoms in total. The second-order valence-corrected chi connectivity index (χ2v) is 2.36. The van der Waals surface area contributed by atoms with Crippen molar-refractivity contribution in [1.29, 1.82) is 0 Å². The molecule has 0 saturated heterocycles. The van der Waals surface area contributed by atoms with Crippen LogP contribution in [0.25, 0.3) is 0 Å². The topological polar surface area (TPSA) is 23.5 Å². The average Bonchev–Trinajstić information content (AvgIpc) is 1.88. The molecule has 9 heavy (non-hydrogen) atoms. The Morgan fingerprint density at radius 2 is 2.56 bits per heavy atom. The summed E-state index contributed by atoms with van der Waals surface area (Å²) in [7, 11) is 0. The maximum Gasteiger partial charge on any atom is 0.0749 e. The maximum absolute atomic E-state index is 9.12. The molecule has 0 saturated carbocycles. The van der Waals surface area contributed by atoms with E-state index in [0.717, 1.165) is 19.5 Å². The molecule has 1 aliphatic rings. The van der Waals surface area contributed by atoms with Crippen LogP contribution in [0.15, 0.2) is 12.3 Å². The fraction of sp³-hybridized carbons (Fsp3) is 0.714. The standard InChI is InChI=1S/C7H13NO/c1-2-8-5-3-4-7(9)6-8/h3,5,7,9H,2,4,6H2,1H3. The third-order valence-corrected chi connectivity index (χ3v) is 1.58. The molecule has 0 bridgehead atoms. The number of β-amino-alcohol motifs (C(OH)–C–C–N with tert-alkyl or cyclic N) is 1. The van der Waals surface area contributed by atoms with Crippen LogP contribution in [0.2, 0.25) is 0 Å². The summed E-state index contributed by atoms with van der Waals surface area (Å²) in [5.41, 5.74) is 0. The second kappa shape index (κ2) is 2.87. The Labute approximate surface area is 55.8 Å². The molecule has 0 fully saturated rings. The molecule has 52 valence electrons. The van der Waals surface area contributed by atoms with Gasteiger partial charge in [-0.3, -0.25) is 0 Å². The van der Waals surface area contributed by atoms with Crippen LogP contribution in [-0.4, -0.2) is 29.2 Å².